The average molecular weight is 414 g/mol. The summed E-state index contributed by atoms with van der Waals surface area (Å²) in [5, 5.41) is 17.7. The molecule has 0 aliphatic rings. The highest BCUT2D eigenvalue weighted by Crippen LogP contribution is 2.21. The van der Waals surface area contributed by atoms with E-state index in [4.69, 9.17) is 17.3 Å². The van der Waals surface area contributed by atoms with E-state index in [2.05, 4.69) is 25.6 Å². The number of nitrogen functional groups attached to an aromatic ring is 1. The van der Waals surface area contributed by atoms with Crippen molar-refractivity contribution in [3.63, 3.8) is 0 Å². The molecule has 0 fully saturated rings. The fourth-order valence-corrected chi connectivity index (χ4v) is 2.79. The lowest BCUT2D eigenvalue weighted by Crippen LogP contribution is -2.14. The summed E-state index contributed by atoms with van der Waals surface area (Å²) in [5.41, 5.74) is 7.82. The average Bonchev–Trinajstić information content (AvgIpc) is 2.69. The fourth-order valence-electron chi connectivity index (χ4n) is 2.67. The second-order valence-electron chi connectivity index (χ2n) is 6.36. The zero-order valence-corrected chi connectivity index (χ0v) is 16.4. The molecule has 0 amide bonds. The maximum atomic E-state index is 10.8. The molecule has 150 valence electrons. The number of benzene rings is 2. The van der Waals surface area contributed by atoms with Gasteiger partial charge in [-0.1, -0.05) is 35.9 Å². The monoisotopic (exact) mass is 413 g/mol. The normalized spacial score (nSPS) is 11.7. The molecule has 0 radical (unpaired) electrons. The zero-order valence-electron chi connectivity index (χ0n) is 15.7. The first kappa shape index (κ1) is 20.3. The Balaban J connectivity index is 1.61. The van der Waals surface area contributed by atoms with Gasteiger partial charge in [0.15, 0.2) is 0 Å². The molecule has 0 aliphatic carbocycles. The number of nitrogens with one attached hydrogen (secondary N) is 2. The van der Waals surface area contributed by atoms with Gasteiger partial charge in [0.05, 0.1) is 11.0 Å². The molecule has 0 saturated carbocycles. The van der Waals surface area contributed by atoms with E-state index in [0.717, 1.165) is 17.5 Å². The van der Waals surface area contributed by atoms with Crippen molar-refractivity contribution in [1.82, 2.24) is 15.0 Å². The number of nitro benzene ring substituents is 1. The predicted octanol–water partition coefficient (Wildman–Crippen LogP) is 3.84. The minimum absolute atomic E-state index is 0.0394. The van der Waals surface area contributed by atoms with Gasteiger partial charge >= 0.3 is 0 Å². The third kappa shape index (κ3) is 5.76. The Morgan fingerprint density at radius 2 is 1.72 bits per heavy atom. The number of hydrogen-bond donors (Lipinski definition) is 3. The predicted molar refractivity (Wildman–Crippen MR) is 113 cm³/mol. The van der Waals surface area contributed by atoms with Crippen LogP contribution in [0, 0.1) is 10.1 Å². The van der Waals surface area contributed by atoms with E-state index in [-0.39, 0.29) is 17.7 Å². The summed E-state index contributed by atoms with van der Waals surface area (Å²) in [4.78, 5) is 22.9. The molecular formula is C19H20ClN7O2. The van der Waals surface area contributed by atoms with Crippen molar-refractivity contribution in [1.29, 1.82) is 0 Å². The third-order valence-corrected chi connectivity index (χ3v) is 4.46. The molecule has 29 heavy (non-hydrogen) atoms. The molecule has 0 spiro atoms. The van der Waals surface area contributed by atoms with E-state index in [1.807, 2.05) is 31.2 Å². The number of rotatable bonds is 8. The number of hydrogen-bond acceptors (Lipinski definition) is 8. The Morgan fingerprint density at radius 1 is 1.07 bits per heavy atom. The van der Waals surface area contributed by atoms with Crippen molar-refractivity contribution in [2.75, 3.05) is 22.9 Å². The Hall–Kier alpha value is -3.46. The molecular weight excluding hydrogens is 394 g/mol. The summed E-state index contributed by atoms with van der Waals surface area (Å²) in [6.45, 7) is 2.51. The van der Waals surface area contributed by atoms with Crippen molar-refractivity contribution in [2.45, 2.75) is 19.4 Å². The zero-order chi connectivity index (χ0) is 20.8. The maximum Gasteiger partial charge on any atom is 0.269 e. The van der Waals surface area contributed by atoms with E-state index in [9.17, 15) is 10.1 Å². The summed E-state index contributed by atoms with van der Waals surface area (Å²) < 4.78 is 0. The second kappa shape index (κ2) is 9.16. The number of anilines is 3. The summed E-state index contributed by atoms with van der Waals surface area (Å²) in [5.74, 6) is 0.773. The van der Waals surface area contributed by atoms with Crippen molar-refractivity contribution in [2.24, 2.45) is 0 Å². The third-order valence-electron chi connectivity index (χ3n) is 4.21. The molecule has 1 atom stereocenters. The smallest absolute Gasteiger partial charge is 0.269 e. The van der Waals surface area contributed by atoms with Gasteiger partial charge in [0.1, 0.15) is 0 Å². The van der Waals surface area contributed by atoms with Gasteiger partial charge in [-0.2, -0.15) is 15.0 Å². The van der Waals surface area contributed by atoms with E-state index >= 15 is 0 Å². The van der Waals surface area contributed by atoms with E-state index < -0.39 is 4.92 Å². The topological polar surface area (TPSA) is 132 Å². The van der Waals surface area contributed by atoms with Gasteiger partial charge in [-0.3, -0.25) is 10.1 Å². The number of nitrogens with two attached hydrogens (primary N) is 1. The highest BCUT2D eigenvalue weighted by atomic mass is 35.5. The van der Waals surface area contributed by atoms with Gasteiger partial charge in [-0.15, -0.1) is 0 Å². The Labute approximate surface area is 172 Å². The Kier molecular flexibility index (Phi) is 6.40. The van der Waals surface area contributed by atoms with Crippen LogP contribution < -0.4 is 16.4 Å². The van der Waals surface area contributed by atoms with E-state index in [1.165, 1.54) is 12.1 Å². The first-order valence-corrected chi connectivity index (χ1v) is 9.29. The molecule has 9 nitrogen and oxygen atoms in total. The molecule has 3 aromatic rings. The van der Waals surface area contributed by atoms with Gasteiger partial charge in [0.25, 0.3) is 5.69 Å². The first-order valence-electron chi connectivity index (χ1n) is 8.91. The van der Waals surface area contributed by atoms with Crippen LogP contribution in [0.1, 0.15) is 24.1 Å². The molecule has 0 saturated heterocycles. The number of non-ortho nitro benzene ring substituents is 1. The standard InChI is InChI=1S/C19H20ClN7O2/c1-12(14-4-8-16(9-5-14)27(28)29)23-19-25-17(21)24-18(26-19)22-11-10-13-2-6-15(20)7-3-13/h2-9,12H,10-11H2,1H3,(H4,21,22,23,24,25,26)/t12-/m0/s1. The number of nitro groups is 1. The Bertz CT molecular complexity index is 981. The highest BCUT2D eigenvalue weighted by molar-refractivity contribution is 6.30. The summed E-state index contributed by atoms with van der Waals surface area (Å²) in [6, 6.07) is 13.7. The van der Waals surface area contributed by atoms with Crippen LogP contribution in [0.3, 0.4) is 0 Å². The van der Waals surface area contributed by atoms with Crippen LogP contribution in [0.4, 0.5) is 23.5 Å². The van der Waals surface area contributed by atoms with E-state index in [1.54, 1.807) is 12.1 Å². The molecule has 1 heterocycles. The van der Waals surface area contributed by atoms with Gasteiger partial charge in [0, 0.05) is 23.7 Å². The van der Waals surface area contributed by atoms with E-state index in [0.29, 0.717) is 23.5 Å². The lowest BCUT2D eigenvalue weighted by Gasteiger charge is -2.15. The van der Waals surface area contributed by atoms with Crippen LogP contribution >= 0.6 is 11.6 Å². The van der Waals surface area contributed by atoms with Gasteiger partial charge in [-0.05, 0) is 36.6 Å². The maximum absolute atomic E-state index is 10.8. The summed E-state index contributed by atoms with van der Waals surface area (Å²) in [6.07, 6.45) is 0.769. The molecule has 0 aliphatic heterocycles. The molecule has 10 heteroatoms. The molecule has 3 rings (SSSR count). The van der Waals surface area contributed by atoms with Gasteiger partial charge in [-0.25, -0.2) is 0 Å². The van der Waals surface area contributed by atoms with Crippen molar-refractivity contribution >= 4 is 35.1 Å². The van der Waals surface area contributed by atoms with Crippen molar-refractivity contribution in [3.05, 3.63) is 74.8 Å². The van der Waals surface area contributed by atoms with Crippen molar-refractivity contribution < 1.29 is 4.92 Å². The SMILES string of the molecule is C[C@H](Nc1nc(N)nc(NCCc2ccc(Cl)cc2)n1)c1ccc([N+](=O)[O-])cc1. The fraction of sp³-hybridized carbons (Fsp3) is 0.211. The molecule has 1 aromatic heterocycles. The van der Waals surface area contributed by atoms with Gasteiger partial charge < -0.3 is 16.4 Å². The summed E-state index contributed by atoms with van der Waals surface area (Å²) in [7, 11) is 0. The van der Waals surface area contributed by atoms with Crippen LogP contribution in [0.2, 0.25) is 5.02 Å². The second-order valence-corrected chi connectivity index (χ2v) is 6.80. The van der Waals surface area contributed by atoms with Crippen molar-refractivity contribution in [3.8, 4) is 0 Å². The minimum atomic E-state index is -0.434. The quantitative estimate of drug-likeness (QED) is 0.374. The molecule has 2 aromatic carbocycles. The first-order chi connectivity index (χ1) is 13.9. The van der Waals surface area contributed by atoms with Crippen LogP contribution in [-0.4, -0.2) is 26.4 Å². The van der Waals surface area contributed by atoms with Gasteiger partial charge in [0.2, 0.25) is 17.8 Å². The lowest BCUT2D eigenvalue weighted by molar-refractivity contribution is -0.384. The lowest BCUT2D eigenvalue weighted by atomic mass is 10.1. The number of aromatic nitrogens is 3. The molecule has 4 N–H and O–H groups in total. The summed E-state index contributed by atoms with van der Waals surface area (Å²) >= 11 is 5.89. The number of nitrogens with zero attached hydrogens (tertiary/aromatic N) is 4. The largest absolute Gasteiger partial charge is 0.368 e. The highest BCUT2D eigenvalue weighted by Gasteiger charge is 2.12. The van der Waals surface area contributed by atoms with Crippen LogP contribution in [-0.2, 0) is 6.42 Å². The van der Waals surface area contributed by atoms with Crippen LogP contribution in [0.25, 0.3) is 0 Å². The minimum Gasteiger partial charge on any atom is -0.368 e. The number of halogens is 1. The Morgan fingerprint density at radius 3 is 2.38 bits per heavy atom. The molecule has 0 bridgehead atoms. The van der Waals surface area contributed by atoms with Crippen LogP contribution in [0.5, 0.6) is 0 Å². The van der Waals surface area contributed by atoms with Crippen LogP contribution in [0.15, 0.2) is 48.5 Å². The molecule has 0 unspecified atom stereocenters.